The highest BCUT2D eigenvalue weighted by Crippen LogP contribution is 2.33. The molecule has 38 heavy (non-hydrogen) atoms. The second kappa shape index (κ2) is 11.2. The Morgan fingerprint density at radius 2 is 1.63 bits per heavy atom. The summed E-state index contributed by atoms with van der Waals surface area (Å²) in [5, 5.41) is 9.96. The van der Waals surface area contributed by atoms with Crippen LogP contribution in [-0.2, 0) is 23.4 Å². The van der Waals surface area contributed by atoms with Crippen LogP contribution in [0.3, 0.4) is 0 Å². The van der Waals surface area contributed by atoms with E-state index in [1.165, 1.54) is 6.42 Å². The number of aromatic nitrogens is 2. The number of Topliss-reactive ketones (excluding diaryl/α,β-unsaturated/α-hetero) is 1. The van der Waals surface area contributed by atoms with E-state index in [1.54, 1.807) is 0 Å². The van der Waals surface area contributed by atoms with E-state index in [1.807, 2.05) is 48.2 Å². The third-order valence-corrected chi connectivity index (χ3v) is 8.71. The van der Waals surface area contributed by atoms with Crippen LogP contribution in [0.4, 0.5) is 28.8 Å². The van der Waals surface area contributed by atoms with E-state index in [2.05, 4.69) is 22.0 Å². The topological polar surface area (TPSA) is 96.0 Å². The number of hydrogen-bond donors (Lipinski definition) is 3. The fraction of sp³-hybridized carbons (Fsp3) is 0.400. The minimum atomic E-state index is 0.133. The van der Waals surface area contributed by atoms with Crippen molar-refractivity contribution in [3.63, 3.8) is 0 Å². The molecule has 1 amide bonds. The number of fused-ring (bicyclic) bond motifs is 2. The van der Waals surface area contributed by atoms with Crippen LogP contribution in [0.1, 0.15) is 72.1 Å². The largest absolute Gasteiger partial charge is 0.340 e. The van der Waals surface area contributed by atoms with Crippen LogP contribution in [0.2, 0.25) is 0 Å². The van der Waals surface area contributed by atoms with Gasteiger partial charge in [0.15, 0.2) is 5.78 Å². The molecule has 0 saturated heterocycles. The number of hydrogen-bond acceptors (Lipinski definition) is 7. The van der Waals surface area contributed by atoms with Crippen molar-refractivity contribution >= 4 is 52.3 Å². The molecule has 1 aliphatic heterocycles. The highest BCUT2D eigenvalue weighted by Gasteiger charge is 2.22. The molecule has 1 fully saturated rings. The third-order valence-electron chi connectivity index (χ3n) is 7.73. The van der Waals surface area contributed by atoms with Gasteiger partial charge in [-0.25, -0.2) is 4.98 Å². The summed E-state index contributed by atoms with van der Waals surface area (Å²) >= 11 is 1.89. The van der Waals surface area contributed by atoms with E-state index in [0.29, 0.717) is 12.4 Å². The average Bonchev–Trinajstić information content (AvgIpc) is 2.95. The zero-order chi connectivity index (χ0) is 25.9. The molecule has 3 N–H and O–H groups in total. The Morgan fingerprint density at radius 3 is 2.47 bits per heavy atom. The number of nitrogens with zero attached hydrogens (tertiary/aromatic N) is 2. The first-order valence-electron chi connectivity index (χ1n) is 13.7. The van der Waals surface area contributed by atoms with Crippen molar-refractivity contribution < 1.29 is 9.59 Å². The van der Waals surface area contributed by atoms with E-state index < -0.39 is 0 Å². The minimum Gasteiger partial charge on any atom is -0.340 e. The molecule has 196 valence electrons. The van der Waals surface area contributed by atoms with Crippen molar-refractivity contribution in [3.8, 4) is 0 Å². The van der Waals surface area contributed by atoms with E-state index >= 15 is 0 Å². The lowest BCUT2D eigenvalue weighted by Gasteiger charge is -2.21. The van der Waals surface area contributed by atoms with Crippen LogP contribution in [0, 0.1) is 5.92 Å². The fourth-order valence-electron chi connectivity index (χ4n) is 5.63. The van der Waals surface area contributed by atoms with Gasteiger partial charge in [-0.15, -0.1) is 0 Å². The lowest BCUT2D eigenvalue weighted by atomic mass is 9.88. The van der Waals surface area contributed by atoms with Gasteiger partial charge in [0.2, 0.25) is 11.9 Å². The number of aryl methyl sites for hydroxylation is 2. The lowest BCUT2D eigenvalue weighted by Crippen LogP contribution is -2.24. The first-order chi connectivity index (χ1) is 18.6. The number of carbonyl (C=O) groups excluding carboxylic acids is 2. The maximum Gasteiger partial charge on any atom is 0.229 e. The molecule has 0 atom stereocenters. The molecule has 0 unspecified atom stereocenters. The van der Waals surface area contributed by atoms with E-state index in [4.69, 9.17) is 9.97 Å². The molecule has 6 rings (SSSR count). The number of amides is 1. The number of nitrogens with one attached hydrogen (secondary N) is 3. The Hall–Kier alpha value is -3.39. The SMILES string of the molecule is O=C1CCCc2cc(Nc3nc4c(c(Nc5ccc(NC(=O)C6CCCCC6)cc5)n3)CSCC4)ccc21. The molecule has 0 bridgehead atoms. The first kappa shape index (κ1) is 24.9. The smallest absolute Gasteiger partial charge is 0.229 e. The van der Waals surface area contributed by atoms with Gasteiger partial charge in [-0.2, -0.15) is 16.7 Å². The summed E-state index contributed by atoms with van der Waals surface area (Å²) in [6.45, 7) is 0. The van der Waals surface area contributed by atoms with E-state index in [-0.39, 0.29) is 17.6 Å². The van der Waals surface area contributed by atoms with Crippen LogP contribution in [-0.4, -0.2) is 27.4 Å². The summed E-state index contributed by atoms with van der Waals surface area (Å²) in [6, 6.07) is 13.8. The van der Waals surface area contributed by atoms with Crippen molar-refractivity contribution in [3.05, 3.63) is 64.8 Å². The molecule has 2 aromatic carbocycles. The second-order valence-electron chi connectivity index (χ2n) is 10.4. The summed E-state index contributed by atoms with van der Waals surface area (Å²) in [6.07, 6.45) is 8.86. The van der Waals surface area contributed by atoms with Gasteiger partial charge >= 0.3 is 0 Å². The molecule has 7 nitrogen and oxygen atoms in total. The third kappa shape index (κ3) is 5.55. The summed E-state index contributed by atoms with van der Waals surface area (Å²) < 4.78 is 0. The number of rotatable bonds is 6. The van der Waals surface area contributed by atoms with E-state index in [9.17, 15) is 9.59 Å². The number of anilines is 5. The molecule has 2 aliphatic carbocycles. The van der Waals surface area contributed by atoms with Gasteiger partial charge in [0.1, 0.15) is 5.82 Å². The minimum absolute atomic E-state index is 0.133. The van der Waals surface area contributed by atoms with Crippen LogP contribution >= 0.6 is 11.8 Å². The average molecular weight is 528 g/mol. The highest BCUT2D eigenvalue weighted by molar-refractivity contribution is 7.98. The normalized spacial score (nSPS) is 17.3. The number of thioether (sulfide) groups is 1. The zero-order valence-electron chi connectivity index (χ0n) is 21.5. The summed E-state index contributed by atoms with van der Waals surface area (Å²) in [5.74, 6) is 3.76. The van der Waals surface area contributed by atoms with E-state index in [0.717, 1.165) is 102 Å². The van der Waals surface area contributed by atoms with Crippen molar-refractivity contribution in [2.75, 3.05) is 21.7 Å². The number of benzene rings is 2. The molecular formula is C30H33N5O2S. The van der Waals surface area contributed by atoms with Crippen molar-refractivity contribution in [2.45, 2.75) is 63.5 Å². The van der Waals surface area contributed by atoms with Crippen molar-refractivity contribution in [1.82, 2.24) is 9.97 Å². The molecule has 3 aromatic rings. The van der Waals surface area contributed by atoms with Gasteiger partial charge in [-0.3, -0.25) is 9.59 Å². The predicted octanol–water partition coefficient (Wildman–Crippen LogP) is 6.79. The zero-order valence-corrected chi connectivity index (χ0v) is 22.3. The summed E-state index contributed by atoms with van der Waals surface area (Å²) in [4.78, 5) is 34.5. The van der Waals surface area contributed by atoms with Gasteiger partial charge in [-0.05, 0) is 85.9 Å². The molecule has 8 heteroatoms. The molecule has 1 aromatic heterocycles. The van der Waals surface area contributed by atoms with Crippen molar-refractivity contribution in [2.24, 2.45) is 5.92 Å². The Morgan fingerprint density at radius 1 is 0.842 bits per heavy atom. The number of carbonyl (C=O) groups is 2. The van der Waals surface area contributed by atoms with Gasteiger partial charge in [0.05, 0.1) is 5.69 Å². The molecule has 3 aliphatic rings. The molecular weight excluding hydrogens is 494 g/mol. The maximum atomic E-state index is 12.6. The Balaban J connectivity index is 1.19. The van der Waals surface area contributed by atoms with Gasteiger partial charge in [0, 0.05) is 46.3 Å². The molecule has 0 spiro atoms. The Labute approximate surface area is 227 Å². The molecule has 2 heterocycles. The van der Waals surface area contributed by atoms with Crippen LogP contribution in [0.25, 0.3) is 0 Å². The lowest BCUT2D eigenvalue weighted by molar-refractivity contribution is -0.120. The summed E-state index contributed by atoms with van der Waals surface area (Å²) in [7, 11) is 0. The van der Waals surface area contributed by atoms with Gasteiger partial charge in [0.25, 0.3) is 0 Å². The molecule has 0 radical (unpaired) electrons. The van der Waals surface area contributed by atoms with Gasteiger partial charge in [-0.1, -0.05) is 19.3 Å². The predicted molar refractivity (Wildman–Crippen MR) is 154 cm³/mol. The van der Waals surface area contributed by atoms with Gasteiger partial charge < -0.3 is 16.0 Å². The monoisotopic (exact) mass is 527 g/mol. The summed E-state index contributed by atoms with van der Waals surface area (Å²) in [5.41, 5.74) is 6.76. The first-order valence-corrected chi connectivity index (χ1v) is 14.9. The number of ketones is 1. The standard InChI is InChI=1S/C30H33N5O2S/c36-27-8-4-7-20-17-23(13-14-24(20)27)33-30-34-26-15-16-38-18-25(26)28(35-30)31-21-9-11-22(12-10-21)32-29(37)19-5-2-1-3-6-19/h9-14,17,19H,1-8,15-16,18H2,(H,32,37)(H2,31,33,34,35). The van der Waals surface area contributed by atoms with Crippen LogP contribution in [0.15, 0.2) is 42.5 Å². The highest BCUT2D eigenvalue weighted by atomic mass is 32.2. The Kier molecular flexibility index (Phi) is 7.31. The molecule has 1 saturated carbocycles. The van der Waals surface area contributed by atoms with Crippen LogP contribution < -0.4 is 16.0 Å². The second-order valence-corrected chi connectivity index (χ2v) is 11.5. The van der Waals surface area contributed by atoms with Crippen molar-refractivity contribution in [1.29, 1.82) is 0 Å². The maximum absolute atomic E-state index is 12.6. The Bertz CT molecular complexity index is 1350. The quantitative estimate of drug-likeness (QED) is 0.325. The van der Waals surface area contributed by atoms with Crippen LogP contribution in [0.5, 0.6) is 0 Å². The fourth-order valence-corrected chi connectivity index (χ4v) is 6.62.